The number of aryl methyl sites for hydroxylation is 1. The molecule has 19 heavy (non-hydrogen) atoms. The molecule has 1 aliphatic rings. The van der Waals surface area contributed by atoms with Gasteiger partial charge in [-0.05, 0) is 30.5 Å². The van der Waals surface area contributed by atoms with Crippen molar-refractivity contribution in [2.45, 2.75) is 33.1 Å². The van der Waals surface area contributed by atoms with Crippen molar-refractivity contribution in [3.63, 3.8) is 0 Å². The Labute approximate surface area is 125 Å². The van der Waals surface area contributed by atoms with Crippen LogP contribution in [0.3, 0.4) is 0 Å². The fourth-order valence-corrected chi connectivity index (χ4v) is 2.95. The molecule has 0 radical (unpaired) electrons. The molecule has 1 fully saturated rings. The second-order valence-electron chi connectivity index (χ2n) is 5.00. The summed E-state index contributed by atoms with van der Waals surface area (Å²) in [6, 6.07) is 3.93. The van der Waals surface area contributed by atoms with Crippen LogP contribution in [0.5, 0.6) is 0 Å². The van der Waals surface area contributed by atoms with Crippen LogP contribution in [0.25, 0.3) is 0 Å². The van der Waals surface area contributed by atoms with Crippen molar-refractivity contribution in [1.29, 1.82) is 0 Å². The standard InChI is InChI=1S/C14H19BCl2O2/c1-3-5-11-6-12(16)14(13(17)7-11)15-18-8-10(4-2)9-19-15/h6-7,10H,3-5,8-9H2,1-2H3. The minimum Gasteiger partial charge on any atom is -0.407 e. The van der Waals surface area contributed by atoms with Gasteiger partial charge in [-0.2, -0.15) is 0 Å². The molecule has 0 bridgehead atoms. The monoisotopic (exact) mass is 300 g/mol. The molecular formula is C14H19BCl2O2. The van der Waals surface area contributed by atoms with Crippen LogP contribution >= 0.6 is 23.2 Å². The summed E-state index contributed by atoms with van der Waals surface area (Å²) >= 11 is 12.7. The number of hydrogen-bond acceptors (Lipinski definition) is 2. The minimum absolute atomic E-state index is 0.432. The third kappa shape index (κ3) is 3.66. The van der Waals surface area contributed by atoms with Crippen LogP contribution in [0.1, 0.15) is 32.3 Å². The van der Waals surface area contributed by atoms with Gasteiger partial charge in [-0.25, -0.2) is 0 Å². The molecule has 0 N–H and O–H groups in total. The third-order valence-corrected chi connectivity index (χ3v) is 4.08. The largest absolute Gasteiger partial charge is 0.496 e. The SMILES string of the molecule is CCCc1cc(Cl)c(B2OCC(CC)CO2)c(Cl)c1. The Morgan fingerprint density at radius 3 is 2.21 bits per heavy atom. The number of halogens is 2. The zero-order valence-electron chi connectivity index (χ0n) is 11.4. The summed E-state index contributed by atoms with van der Waals surface area (Å²) in [5.74, 6) is 0.466. The second kappa shape index (κ2) is 6.98. The number of benzene rings is 1. The Bertz CT molecular complexity index is 408. The van der Waals surface area contributed by atoms with E-state index in [1.54, 1.807) is 0 Å². The lowest BCUT2D eigenvalue weighted by molar-refractivity contribution is 0.0850. The van der Waals surface area contributed by atoms with E-state index in [9.17, 15) is 0 Å². The highest BCUT2D eigenvalue weighted by Crippen LogP contribution is 2.22. The van der Waals surface area contributed by atoms with Crippen molar-refractivity contribution < 1.29 is 9.31 Å². The normalized spacial score (nSPS) is 16.9. The maximum atomic E-state index is 6.33. The van der Waals surface area contributed by atoms with Crippen LogP contribution in [0.2, 0.25) is 10.0 Å². The molecule has 5 heteroatoms. The highest BCUT2D eigenvalue weighted by molar-refractivity contribution is 6.68. The first-order chi connectivity index (χ1) is 9.15. The molecule has 2 nitrogen and oxygen atoms in total. The third-order valence-electron chi connectivity index (χ3n) is 3.46. The van der Waals surface area contributed by atoms with Gasteiger partial charge in [-0.3, -0.25) is 0 Å². The van der Waals surface area contributed by atoms with E-state index in [2.05, 4.69) is 13.8 Å². The van der Waals surface area contributed by atoms with Gasteiger partial charge in [-0.15, -0.1) is 0 Å². The lowest BCUT2D eigenvalue weighted by Crippen LogP contribution is -2.45. The van der Waals surface area contributed by atoms with Crippen LogP contribution in [0.4, 0.5) is 0 Å². The first-order valence-corrected chi connectivity index (χ1v) is 7.62. The highest BCUT2D eigenvalue weighted by Gasteiger charge is 2.32. The molecule has 0 aliphatic carbocycles. The van der Waals surface area contributed by atoms with E-state index < -0.39 is 7.12 Å². The summed E-state index contributed by atoms with van der Waals surface area (Å²) in [7, 11) is -0.432. The molecule has 0 unspecified atom stereocenters. The molecule has 0 atom stereocenters. The topological polar surface area (TPSA) is 18.5 Å². The summed E-state index contributed by atoms with van der Waals surface area (Å²) in [6.45, 7) is 5.67. The fourth-order valence-electron chi connectivity index (χ4n) is 2.24. The fraction of sp³-hybridized carbons (Fsp3) is 0.571. The van der Waals surface area contributed by atoms with E-state index in [0.717, 1.165) is 30.3 Å². The Balaban J connectivity index is 2.16. The van der Waals surface area contributed by atoms with Crippen LogP contribution in [-0.4, -0.2) is 20.3 Å². The van der Waals surface area contributed by atoms with Crippen molar-refractivity contribution in [3.05, 3.63) is 27.7 Å². The lowest BCUT2D eigenvalue weighted by Gasteiger charge is -2.27. The summed E-state index contributed by atoms with van der Waals surface area (Å²) in [5, 5.41) is 1.27. The molecule has 0 amide bonds. The predicted molar refractivity (Wildman–Crippen MR) is 81.5 cm³/mol. The molecule has 104 valence electrons. The molecule has 0 saturated carbocycles. The van der Waals surface area contributed by atoms with Crippen LogP contribution in [0.15, 0.2) is 12.1 Å². The van der Waals surface area contributed by atoms with Gasteiger partial charge in [0.25, 0.3) is 0 Å². The highest BCUT2D eigenvalue weighted by atomic mass is 35.5. The Kier molecular flexibility index (Phi) is 5.58. The summed E-state index contributed by atoms with van der Waals surface area (Å²) in [6.07, 6.45) is 3.11. The number of rotatable bonds is 4. The molecule has 0 spiro atoms. The first-order valence-electron chi connectivity index (χ1n) is 6.86. The smallest absolute Gasteiger partial charge is 0.407 e. The molecule has 2 rings (SSSR count). The van der Waals surface area contributed by atoms with Gasteiger partial charge in [0.05, 0.1) is 0 Å². The summed E-state index contributed by atoms with van der Waals surface area (Å²) in [5.41, 5.74) is 1.92. The van der Waals surface area contributed by atoms with Gasteiger partial charge in [0.15, 0.2) is 0 Å². The van der Waals surface area contributed by atoms with Crippen molar-refractivity contribution in [2.75, 3.05) is 13.2 Å². The van der Waals surface area contributed by atoms with Gasteiger partial charge in [-0.1, -0.05) is 43.5 Å². The molecule has 1 heterocycles. The maximum absolute atomic E-state index is 6.33. The van der Waals surface area contributed by atoms with Crippen LogP contribution < -0.4 is 5.46 Å². The molecule has 0 aromatic heterocycles. The molecule has 1 aromatic rings. The molecule has 1 saturated heterocycles. The van der Waals surface area contributed by atoms with Gasteiger partial charge in [0, 0.05) is 34.6 Å². The lowest BCUT2D eigenvalue weighted by atomic mass is 9.76. The van der Waals surface area contributed by atoms with Gasteiger partial charge < -0.3 is 9.31 Å². The van der Waals surface area contributed by atoms with E-state index in [4.69, 9.17) is 32.5 Å². The summed E-state index contributed by atoms with van der Waals surface area (Å²) < 4.78 is 11.5. The van der Waals surface area contributed by atoms with Crippen LogP contribution in [0, 0.1) is 5.92 Å². The Morgan fingerprint density at radius 2 is 1.74 bits per heavy atom. The number of hydrogen-bond donors (Lipinski definition) is 0. The zero-order chi connectivity index (χ0) is 13.8. The average Bonchev–Trinajstić information content (AvgIpc) is 2.39. The Morgan fingerprint density at radius 1 is 1.16 bits per heavy atom. The Hall–Kier alpha value is -0.215. The maximum Gasteiger partial charge on any atom is 0.496 e. The van der Waals surface area contributed by atoms with Crippen molar-refractivity contribution in [2.24, 2.45) is 5.92 Å². The molecular weight excluding hydrogens is 282 g/mol. The van der Waals surface area contributed by atoms with E-state index in [-0.39, 0.29) is 0 Å². The van der Waals surface area contributed by atoms with Crippen molar-refractivity contribution in [3.8, 4) is 0 Å². The zero-order valence-corrected chi connectivity index (χ0v) is 12.9. The van der Waals surface area contributed by atoms with Gasteiger partial charge in [0.2, 0.25) is 0 Å². The quantitative estimate of drug-likeness (QED) is 0.789. The van der Waals surface area contributed by atoms with Crippen molar-refractivity contribution in [1.82, 2.24) is 0 Å². The van der Waals surface area contributed by atoms with E-state index in [0.29, 0.717) is 29.2 Å². The van der Waals surface area contributed by atoms with E-state index in [1.807, 2.05) is 12.1 Å². The first kappa shape index (κ1) is 15.2. The molecule has 1 aliphatic heterocycles. The molecule has 1 aromatic carbocycles. The second-order valence-corrected chi connectivity index (χ2v) is 5.81. The minimum atomic E-state index is -0.432. The average molecular weight is 301 g/mol. The van der Waals surface area contributed by atoms with E-state index in [1.165, 1.54) is 0 Å². The van der Waals surface area contributed by atoms with Crippen LogP contribution in [-0.2, 0) is 15.7 Å². The summed E-state index contributed by atoms with van der Waals surface area (Å²) in [4.78, 5) is 0. The van der Waals surface area contributed by atoms with E-state index >= 15 is 0 Å². The van der Waals surface area contributed by atoms with Crippen molar-refractivity contribution >= 4 is 35.8 Å². The predicted octanol–water partition coefficient (Wildman–Crippen LogP) is 3.71. The van der Waals surface area contributed by atoms with Gasteiger partial charge in [0.1, 0.15) is 0 Å². The van der Waals surface area contributed by atoms with Gasteiger partial charge >= 0.3 is 7.12 Å².